The van der Waals surface area contributed by atoms with E-state index in [0.29, 0.717) is 18.8 Å². The van der Waals surface area contributed by atoms with Gasteiger partial charge < -0.3 is 5.73 Å². The highest BCUT2D eigenvalue weighted by atomic mass is 16.2. The predicted molar refractivity (Wildman–Crippen MR) is 87.1 cm³/mol. The molecule has 3 N–H and O–H groups in total. The van der Waals surface area contributed by atoms with Crippen LogP contribution in [0.15, 0.2) is 30.3 Å². The molecular formula is C18H26N2O2. The minimum Gasteiger partial charge on any atom is -0.320 e. The Labute approximate surface area is 132 Å². The Hall–Kier alpha value is -1.68. The van der Waals surface area contributed by atoms with Gasteiger partial charge >= 0.3 is 0 Å². The van der Waals surface area contributed by atoms with Crippen LogP contribution in [-0.4, -0.2) is 17.9 Å². The number of rotatable bonds is 7. The van der Waals surface area contributed by atoms with Gasteiger partial charge in [0.05, 0.1) is 6.04 Å². The van der Waals surface area contributed by atoms with Gasteiger partial charge in [-0.05, 0) is 30.7 Å². The maximum Gasteiger partial charge on any atom is 0.243 e. The summed E-state index contributed by atoms with van der Waals surface area (Å²) in [6.45, 7) is 0. The molecule has 1 aromatic carbocycles. The number of nitrogens with two attached hydrogens (primary N) is 1. The summed E-state index contributed by atoms with van der Waals surface area (Å²) in [6.07, 6.45) is 7.60. The number of imide groups is 1. The lowest BCUT2D eigenvalue weighted by molar-refractivity contribution is -0.131. The molecule has 0 aromatic heterocycles. The van der Waals surface area contributed by atoms with Gasteiger partial charge in [-0.15, -0.1) is 0 Å². The first-order valence-electron chi connectivity index (χ1n) is 8.28. The van der Waals surface area contributed by atoms with Gasteiger partial charge in [-0.3, -0.25) is 14.9 Å². The van der Waals surface area contributed by atoms with Gasteiger partial charge in [-0.2, -0.15) is 0 Å². The molecule has 0 radical (unpaired) electrons. The van der Waals surface area contributed by atoms with E-state index in [0.717, 1.165) is 18.4 Å². The van der Waals surface area contributed by atoms with Crippen molar-refractivity contribution >= 4 is 11.8 Å². The smallest absolute Gasteiger partial charge is 0.243 e. The van der Waals surface area contributed by atoms with Gasteiger partial charge in [0.2, 0.25) is 11.8 Å². The van der Waals surface area contributed by atoms with E-state index < -0.39 is 6.04 Å². The molecule has 22 heavy (non-hydrogen) atoms. The normalized spacial score (nSPS) is 16.4. The number of hydrogen-bond acceptors (Lipinski definition) is 3. The molecule has 120 valence electrons. The third-order valence-corrected chi connectivity index (χ3v) is 4.44. The van der Waals surface area contributed by atoms with Crippen LogP contribution in [0.5, 0.6) is 0 Å². The van der Waals surface area contributed by atoms with Gasteiger partial charge in [-0.1, -0.05) is 56.0 Å². The molecule has 1 aliphatic rings. The van der Waals surface area contributed by atoms with Gasteiger partial charge in [0.15, 0.2) is 0 Å². The summed E-state index contributed by atoms with van der Waals surface area (Å²) in [5.41, 5.74) is 7.02. The van der Waals surface area contributed by atoms with E-state index in [9.17, 15) is 9.59 Å². The second-order valence-corrected chi connectivity index (χ2v) is 6.23. The highest BCUT2D eigenvalue weighted by molar-refractivity contribution is 5.97. The zero-order valence-electron chi connectivity index (χ0n) is 13.1. The maximum absolute atomic E-state index is 11.9. The van der Waals surface area contributed by atoms with E-state index in [1.165, 1.54) is 25.7 Å². The quantitative estimate of drug-likeness (QED) is 0.813. The highest BCUT2D eigenvalue weighted by Gasteiger charge is 2.19. The van der Waals surface area contributed by atoms with Gasteiger partial charge in [0.1, 0.15) is 0 Å². The molecule has 0 spiro atoms. The standard InChI is InChI=1S/C18H26N2O2/c19-16(12-10-14-6-2-1-3-7-14)18(22)20-17(21)13-11-15-8-4-5-9-15/h1-3,6-7,15-16H,4-5,8-13,19H2,(H,20,21,22). The molecule has 0 bridgehead atoms. The maximum atomic E-state index is 11.9. The number of benzene rings is 1. The number of amides is 2. The SMILES string of the molecule is NC(CCc1ccccc1)C(=O)NC(=O)CCC1CCCC1. The molecule has 0 heterocycles. The lowest BCUT2D eigenvalue weighted by Crippen LogP contribution is -2.43. The van der Waals surface area contributed by atoms with Gasteiger partial charge in [0.25, 0.3) is 0 Å². The fourth-order valence-electron chi connectivity index (χ4n) is 3.02. The number of hydrogen-bond donors (Lipinski definition) is 2. The zero-order chi connectivity index (χ0) is 15.8. The Morgan fingerprint density at radius 3 is 2.55 bits per heavy atom. The number of carbonyl (C=O) groups is 2. The van der Waals surface area contributed by atoms with Crippen molar-refractivity contribution in [3.05, 3.63) is 35.9 Å². The summed E-state index contributed by atoms with van der Waals surface area (Å²) in [4.78, 5) is 23.7. The van der Waals surface area contributed by atoms with E-state index in [1.807, 2.05) is 30.3 Å². The van der Waals surface area contributed by atoms with Crippen LogP contribution in [0, 0.1) is 5.92 Å². The second-order valence-electron chi connectivity index (χ2n) is 6.23. The average molecular weight is 302 g/mol. The summed E-state index contributed by atoms with van der Waals surface area (Å²) in [6, 6.07) is 9.28. The molecule has 1 atom stereocenters. The molecule has 0 saturated heterocycles. The molecule has 4 heteroatoms. The summed E-state index contributed by atoms with van der Waals surface area (Å²) in [5.74, 6) is 0.118. The van der Waals surface area contributed by atoms with E-state index in [2.05, 4.69) is 5.32 Å². The molecule has 1 aliphatic carbocycles. The van der Waals surface area contributed by atoms with Crippen molar-refractivity contribution < 1.29 is 9.59 Å². The monoisotopic (exact) mass is 302 g/mol. The largest absolute Gasteiger partial charge is 0.320 e. The molecule has 4 nitrogen and oxygen atoms in total. The van der Waals surface area contributed by atoms with Crippen molar-refractivity contribution in [1.29, 1.82) is 0 Å². The van der Waals surface area contributed by atoms with Gasteiger partial charge in [-0.25, -0.2) is 0 Å². The molecule has 2 amide bonds. The topological polar surface area (TPSA) is 72.2 Å². The van der Waals surface area contributed by atoms with E-state index in [1.54, 1.807) is 0 Å². The molecule has 1 saturated carbocycles. The molecule has 1 unspecified atom stereocenters. The number of aryl methyl sites for hydroxylation is 1. The Balaban J connectivity index is 1.65. The first kappa shape index (κ1) is 16.7. The average Bonchev–Trinajstić information content (AvgIpc) is 3.05. The van der Waals surface area contributed by atoms with Crippen LogP contribution >= 0.6 is 0 Å². The van der Waals surface area contributed by atoms with E-state index >= 15 is 0 Å². The summed E-state index contributed by atoms with van der Waals surface area (Å²) in [5, 5.41) is 2.44. The highest BCUT2D eigenvalue weighted by Crippen LogP contribution is 2.28. The van der Waals surface area contributed by atoms with Crippen molar-refractivity contribution in [3.63, 3.8) is 0 Å². The molecular weight excluding hydrogens is 276 g/mol. The Morgan fingerprint density at radius 2 is 1.86 bits per heavy atom. The number of nitrogens with one attached hydrogen (secondary N) is 1. The van der Waals surface area contributed by atoms with Crippen LogP contribution in [0.3, 0.4) is 0 Å². The van der Waals surface area contributed by atoms with E-state index in [-0.39, 0.29) is 11.8 Å². The van der Waals surface area contributed by atoms with Gasteiger partial charge in [0, 0.05) is 6.42 Å². The van der Waals surface area contributed by atoms with E-state index in [4.69, 9.17) is 5.73 Å². The van der Waals surface area contributed by atoms with Crippen molar-refractivity contribution in [2.45, 2.75) is 57.4 Å². The first-order chi connectivity index (χ1) is 10.6. The molecule has 2 rings (SSSR count). The first-order valence-corrected chi connectivity index (χ1v) is 8.28. The van der Waals surface area contributed by atoms with Crippen LogP contribution in [0.25, 0.3) is 0 Å². The third kappa shape index (κ3) is 5.60. The third-order valence-electron chi connectivity index (χ3n) is 4.44. The van der Waals surface area contributed by atoms with Crippen LogP contribution in [-0.2, 0) is 16.0 Å². The summed E-state index contributed by atoms with van der Waals surface area (Å²) in [7, 11) is 0. The molecule has 1 fully saturated rings. The van der Waals surface area contributed by atoms with Crippen LogP contribution < -0.4 is 11.1 Å². The molecule has 1 aromatic rings. The Bertz CT molecular complexity index is 481. The zero-order valence-corrected chi connectivity index (χ0v) is 13.1. The second kappa shape index (κ2) is 8.69. The lowest BCUT2D eigenvalue weighted by Gasteiger charge is -2.12. The van der Waals surface area contributed by atoms with Crippen LogP contribution in [0.2, 0.25) is 0 Å². The lowest BCUT2D eigenvalue weighted by atomic mass is 10.0. The Morgan fingerprint density at radius 1 is 1.18 bits per heavy atom. The fourth-order valence-corrected chi connectivity index (χ4v) is 3.02. The van der Waals surface area contributed by atoms with Crippen LogP contribution in [0.1, 0.15) is 50.5 Å². The molecule has 0 aliphatic heterocycles. The fraction of sp³-hybridized carbons (Fsp3) is 0.556. The predicted octanol–water partition coefficient (Wildman–Crippen LogP) is 2.56. The number of carbonyl (C=O) groups excluding carboxylic acids is 2. The summed E-state index contributed by atoms with van der Waals surface area (Å²) >= 11 is 0. The van der Waals surface area contributed by atoms with Crippen molar-refractivity contribution in [2.75, 3.05) is 0 Å². The summed E-state index contributed by atoms with van der Waals surface area (Å²) < 4.78 is 0. The van der Waals surface area contributed by atoms with Crippen molar-refractivity contribution in [1.82, 2.24) is 5.32 Å². The minimum absolute atomic E-state index is 0.188. The van der Waals surface area contributed by atoms with Crippen molar-refractivity contribution in [3.8, 4) is 0 Å². The Kier molecular flexibility index (Phi) is 6.59. The van der Waals surface area contributed by atoms with Crippen molar-refractivity contribution in [2.24, 2.45) is 11.7 Å². The minimum atomic E-state index is -0.629. The van der Waals surface area contributed by atoms with Crippen LogP contribution in [0.4, 0.5) is 0 Å².